The number of unbranched alkanes of at least 4 members (excludes halogenated alkanes) is 1. The third-order valence-electron chi connectivity index (χ3n) is 6.00. The Morgan fingerprint density at radius 1 is 1.29 bits per heavy atom. The van der Waals surface area contributed by atoms with Gasteiger partial charge in [0.05, 0.1) is 12.3 Å². The van der Waals surface area contributed by atoms with E-state index in [1.807, 2.05) is 12.1 Å². The van der Waals surface area contributed by atoms with E-state index in [1.54, 1.807) is 11.8 Å². The minimum Gasteiger partial charge on any atom is -0.493 e. The number of allylic oxidation sites excluding steroid dienone is 2. The lowest BCUT2D eigenvalue weighted by Crippen LogP contribution is -2.34. The van der Waals surface area contributed by atoms with Crippen LogP contribution in [0.3, 0.4) is 0 Å². The molecular formula is C25H36N2O3S. The molecule has 3 rings (SSSR count). The van der Waals surface area contributed by atoms with Crippen molar-refractivity contribution in [3.63, 3.8) is 0 Å². The maximum absolute atomic E-state index is 11.4. The van der Waals surface area contributed by atoms with Crippen LogP contribution in [0, 0.1) is 11.3 Å². The van der Waals surface area contributed by atoms with Crippen LogP contribution in [0.4, 0.5) is 5.69 Å². The number of benzene rings is 1. The number of rotatable bonds is 10. The molecule has 0 fully saturated rings. The van der Waals surface area contributed by atoms with Crippen molar-refractivity contribution in [3.05, 3.63) is 34.9 Å². The summed E-state index contributed by atoms with van der Waals surface area (Å²) in [5.41, 5.74) is 3.14. The molecular weight excluding hydrogens is 408 g/mol. The highest BCUT2D eigenvalue weighted by Gasteiger charge is 2.36. The Hall–Kier alpha value is -1.95. The van der Waals surface area contributed by atoms with Crippen LogP contribution < -0.4 is 10.1 Å². The van der Waals surface area contributed by atoms with E-state index in [0.717, 1.165) is 53.6 Å². The van der Waals surface area contributed by atoms with Gasteiger partial charge in [-0.15, -0.1) is 11.8 Å². The lowest BCUT2D eigenvalue weighted by atomic mass is 9.78. The first-order chi connectivity index (χ1) is 14.8. The van der Waals surface area contributed by atoms with Crippen LogP contribution in [0.1, 0.15) is 66.2 Å². The minimum atomic E-state index is -0.840. The third kappa shape index (κ3) is 6.52. The number of nitrogens with zero attached hydrogens (tertiary/aromatic N) is 1. The number of carboxylic acids is 1. The van der Waals surface area contributed by atoms with Crippen LogP contribution in [0.15, 0.2) is 39.9 Å². The van der Waals surface area contributed by atoms with E-state index in [0.29, 0.717) is 11.7 Å². The van der Waals surface area contributed by atoms with Crippen LogP contribution in [0.5, 0.6) is 5.75 Å². The Labute approximate surface area is 190 Å². The number of hydrogen-bond donors (Lipinski definition) is 2. The van der Waals surface area contributed by atoms with Crippen molar-refractivity contribution in [1.82, 2.24) is 0 Å². The van der Waals surface area contributed by atoms with Crippen molar-refractivity contribution in [2.24, 2.45) is 16.3 Å². The molecule has 0 aromatic heterocycles. The van der Waals surface area contributed by atoms with E-state index < -0.39 is 12.0 Å². The molecule has 0 amide bonds. The highest BCUT2D eigenvalue weighted by Crippen LogP contribution is 2.43. The van der Waals surface area contributed by atoms with Crippen LogP contribution in [0.25, 0.3) is 0 Å². The molecule has 0 radical (unpaired) electrons. The second-order valence-electron chi connectivity index (χ2n) is 9.44. The number of hydrogen-bond acceptors (Lipinski definition) is 5. The summed E-state index contributed by atoms with van der Waals surface area (Å²) in [6.45, 7) is 9.66. The summed E-state index contributed by atoms with van der Waals surface area (Å²) in [4.78, 5) is 17.1. The van der Waals surface area contributed by atoms with Gasteiger partial charge in [0.15, 0.2) is 6.04 Å². The number of fused-ring (bicyclic) bond motifs is 1. The van der Waals surface area contributed by atoms with Crippen LogP contribution in [-0.4, -0.2) is 35.2 Å². The lowest BCUT2D eigenvalue weighted by molar-refractivity contribution is -0.137. The van der Waals surface area contributed by atoms with Crippen molar-refractivity contribution < 1.29 is 14.6 Å². The molecule has 1 aromatic rings. The quantitative estimate of drug-likeness (QED) is 0.439. The van der Waals surface area contributed by atoms with Gasteiger partial charge in [-0.05, 0) is 54.9 Å². The summed E-state index contributed by atoms with van der Waals surface area (Å²) in [6, 6.07) is 7.53. The molecule has 1 aromatic carbocycles. The average molecular weight is 445 g/mol. The van der Waals surface area contributed by atoms with Gasteiger partial charge in [-0.3, -0.25) is 4.99 Å². The first-order valence-corrected chi connectivity index (χ1v) is 12.5. The SMILES string of the molecule is CCCCC(CC)COc1ccc(NC2=C3SCC(C(=O)O)N=C3CC(C)(C)C2)cc1. The molecule has 2 atom stereocenters. The van der Waals surface area contributed by atoms with Gasteiger partial charge in [-0.1, -0.05) is 47.0 Å². The molecule has 0 saturated heterocycles. The number of aliphatic carboxylic acids is 1. The van der Waals surface area contributed by atoms with E-state index in [2.05, 4.69) is 50.1 Å². The standard InChI is InChI=1S/C25H36N2O3S/c1-5-7-8-17(6-2)15-30-19-11-9-18(10-12-19)26-20-13-25(3,4)14-21-23(20)31-16-22(27-21)24(28)29/h9-12,17,22,26H,5-8,13-16H2,1-4H3,(H,28,29). The minimum absolute atomic E-state index is 0.0440. The number of nitrogens with one attached hydrogen (secondary N) is 1. The number of aliphatic imine (C=N–C) groups is 1. The normalized spacial score (nSPS) is 21.2. The van der Waals surface area contributed by atoms with Gasteiger partial charge >= 0.3 is 5.97 Å². The molecule has 2 unspecified atom stereocenters. The predicted octanol–water partition coefficient (Wildman–Crippen LogP) is 6.37. The third-order valence-corrected chi connectivity index (χ3v) is 7.25. The summed E-state index contributed by atoms with van der Waals surface area (Å²) < 4.78 is 6.04. The van der Waals surface area contributed by atoms with Crippen molar-refractivity contribution in [1.29, 1.82) is 0 Å². The molecule has 2 N–H and O–H groups in total. The summed E-state index contributed by atoms with van der Waals surface area (Å²) in [6.07, 6.45) is 6.59. The van der Waals surface area contributed by atoms with E-state index >= 15 is 0 Å². The fraction of sp³-hybridized carbons (Fsp3) is 0.600. The first-order valence-electron chi connectivity index (χ1n) is 11.5. The largest absolute Gasteiger partial charge is 0.493 e. The monoisotopic (exact) mass is 444 g/mol. The summed E-state index contributed by atoms with van der Waals surface area (Å²) >= 11 is 1.62. The molecule has 1 heterocycles. The second-order valence-corrected chi connectivity index (χ2v) is 10.5. The molecule has 1 aliphatic carbocycles. The fourth-order valence-corrected chi connectivity index (χ4v) is 5.27. The zero-order chi connectivity index (χ0) is 22.4. The van der Waals surface area contributed by atoms with Gasteiger partial charge in [-0.2, -0.15) is 0 Å². The Morgan fingerprint density at radius 2 is 2.03 bits per heavy atom. The topological polar surface area (TPSA) is 70.9 Å². The van der Waals surface area contributed by atoms with Gasteiger partial charge in [0, 0.05) is 22.0 Å². The highest BCUT2D eigenvalue weighted by atomic mass is 32.2. The summed E-state index contributed by atoms with van der Waals surface area (Å²) in [7, 11) is 0. The van der Waals surface area contributed by atoms with Gasteiger partial charge in [0.25, 0.3) is 0 Å². The molecule has 1 aliphatic heterocycles. The molecule has 2 aliphatic rings. The molecule has 6 heteroatoms. The fourth-order valence-electron chi connectivity index (χ4n) is 4.14. The van der Waals surface area contributed by atoms with E-state index in [1.165, 1.54) is 19.3 Å². The van der Waals surface area contributed by atoms with Crippen LogP contribution >= 0.6 is 11.8 Å². The lowest BCUT2D eigenvalue weighted by Gasteiger charge is -2.36. The summed E-state index contributed by atoms with van der Waals surface area (Å²) in [5.74, 6) is 1.17. The maximum atomic E-state index is 11.4. The second kappa shape index (κ2) is 10.6. The molecule has 0 bridgehead atoms. The Balaban J connectivity index is 1.68. The van der Waals surface area contributed by atoms with Gasteiger partial charge < -0.3 is 15.2 Å². The highest BCUT2D eigenvalue weighted by molar-refractivity contribution is 8.04. The van der Waals surface area contributed by atoms with E-state index in [-0.39, 0.29) is 5.41 Å². The van der Waals surface area contributed by atoms with Crippen molar-refractivity contribution in [2.75, 3.05) is 17.7 Å². The Bertz CT molecular complexity index is 830. The van der Waals surface area contributed by atoms with Gasteiger partial charge in [0.2, 0.25) is 0 Å². The maximum Gasteiger partial charge on any atom is 0.329 e. The number of anilines is 1. The smallest absolute Gasteiger partial charge is 0.329 e. The Kier molecular flexibility index (Phi) is 8.09. The van der Waals surface area contributed by atoms with Gasteiger partial charge in [0.1, 0.15) is 5.75 Å². The zero-order valence-corrected chi connectivity index (χ0v) is 20.1. The molecule has 170 valence electrons. The number of carbonyl (C=O) groups is 1. The number of ether oxygens (including phenoxy) is 1. The molecule has 31 heavy (non-hydrogen) atoms. The number of thioether (sulfide) groups is 1. The molecule has 5 nitrogen and oxygen atoms in total. The van der Waals surface area contributed by atoms with Crippen LogP contribution in [-0.2, 0) is 4.79 Å². The van der Waals surface area contributed by atoms with Crippen molar-refractivity contribution in [2.45, 2.75) is 72.3 Å². The summed E-state index contributed by atoms with van der Waals surface area (Å²) in [5, 5.41) is 12.9. The Morgan fingerprint density at radius 3 is 2.68 bits per heavy atom. The van der Waals surface area contributed by atoms with E-state index in [9.17, 15) is 9.90 Å². The molecule has 0 spiro atoms. The van der Waals surface area contributed by atoms with Gasteiger partial charge in [-0.25, -0.2) is 4.79 Å². The van der Waals surface area contributed by atoms with Crippen molar-refractivity contribution in [3.8, 4) is 5.75 Å². The zero-order valence-electron chi connectivity index (χ0n) is 19.2. The van der Waals surface area contributed by atoms with Crippen LogP contribution in [0.2, 0.25) is 0 Å². The molecule has 0 saturated carbocycles. The number of carboxylic acid groups (broad SMARTS) is 1. The van der Waals surface area contributed by atoms with Crippen molar-refractivity contribution >= 4 is 29.1 Å². The predicted molar refractivity (Wildman–Crippen MR) is 130 cm³/mol. The van der Waals surface area contributed by atoms with E-state index in [4.69, 9.17) is 4.74 Å². The first kappa shape index (κ1) is 23.7. The average Bonchev–Trinajstić information content (AvgIpc) is 2.73.